The number of anilines is 1. The first kappa shape index (κ1) is 17.9. The molecule has 138 valence electrons. The SMILES string of the molecule is O=C(NCCCN1CCN(c2ncccn2)CC1)NC[C@H]1CCCO1. The Morgan fingerprint density at radius 1 is 1.20 bits per heavy atom. The number of hydrogen-bond donors (Lipinski definition) is 2. The lowest BCUT2D eigenvalue weighted by atomic mass is 10.2. The maximum atomic E-state index is 11.7. The van der Waals surface area contributed by atoms with E-state index in [-0.39, 0.29) is 12.1 Å². The van der Waals surface area contributed by atoms with Crippen molar-refractivity contribution in [3.8, 4) is 0 Å². The third-order valence-electron chi connectivity index (χ3n) is 4.66. The van der Waals surface area contributed by atoms with Crippen molar-refractivity contribution in [1.29, 1.82) is 0 Å². The minimum Gasteiger partial charge on any atom is -0.376 e. The van der Waals surface area contributed by atoms with Crippen LogP contribution >= 0.6 is 0 Å². The van der Waals surface area contributed by atoms with Crippen molar-refractivity contribution in [3.63, 3.8) is 0 Å². The van der Waals surface area contributed by atoms with Crippen molar-refractivity contribution < 1.29 is 9.53 Å². The molecule has 1 atom stereocenters. The monoisotopic (exact) mass is 348 g/mol. The molecule has 0 aliphatic carbocycles. The second-order valence-electron chi connectivity index (χ2n) is 6.50. The molecule has 0 bridgehead atoms. The van der Waals surface area contributed by atoms with E-state index >= 15 is 0 Å². The van der Waals surface area contributed by atoms with E-state index in [1.54, 1.807) is 12.4 Å². The number of carbonyl (C=O) groups excluding carboxylic acids is 1. The number of piperazine rings is 1. The minimum absolute atomic E-state index is 0.0958. The van der Waals surface area contributed by atoms with Crippen LogP contribution in [0.25, 0.3) is 0 Å². The fourth-order valence-corrected chi connectivity index (χ4v) is 3.20. The minimum atomic E-state index is -0.0958. The molecule has 0 unspecified atom stereocenters. The molecule has 0 aromatic carbocycles. The molecular formula is C17H28N6O2. The van der Waals surface area contributed by atoms with Gasteiger partial charge in [-0.3, -0.25) is 4.90 Å². The van der Waals surface area contributed by atoms with Crippen molar-refractivity contribution in [2.24, 2.45) is 0 Å². The van der Waals surface area contributed by atoms with Gasteiger partial charge in [0.25, 0.3) is 0 Å². The second-order valence-corrected chi connectivity index (χ2v) is 6.50. The van der Waals surface area contributed by atoms with Crippen LogP contribution in [0, 0.1) is 0 Å². The molecule has 2 fully saturated rings. The van der Waals surface area contributed by atoms with Crippen LogP contribution in [-0.2, 0) is 4.74 Å². The number of nitrogens with zero attached hydrogens (tertiary/aromatic N) is 4. The lowest BCUT2D eigenvalue weighted by Gasteiger charge is -2.34. The fraction of sp³-hybridized carbons (Fsp3) is 0.706. The zero-order valence-electron chi connectivity index (χ0n) is 14.7. The standard InChI is InChI=1S/C17H28N6O2/c24-17(21-14-15-4-1-13-25-15)20-7-3-8-22-9-11-23(12-10-22)16-18-5-2-6-19-16/h2,5-6,15H,1,3-4,7-14H2,(H2,20,21,24)/t15-/m1/s1. The van der Waals surface area contributed by atoms with Crippen molar-refractivity contribution in [1.82, 2.24) is 25.5 Å². The molecule has 3 rings (SSSR count). The summed E-state index contributed by atoms with van der Waals surface area (Å²) >= 11 is 0. The number of hydrogen-bond acceptors (Lipinski definition) is 6. The highest BCUT2D eigenvalue weighted by Crippen LogP contribution is 2.10. The van der Waals surface area contributed by atoms with Gasteiger partial charge in [0.05, 0.1) is 6.10 Å². The van der Waals surface area contributed by atoms with Crippen LogP contribution in [0.5, 0.6) is 0 Å². The summed E-state index contributed by atoms with van der Waals surface area (Å²) in [5.74, 6) is 0.812. The molecule has 8 nitrogen and oxygen atoms in total. The molecule has 0 radical (unpaired) electrons. The molecule has 2 N–H and O–H groups in total. The van der Waals surface area contributed by atoms with Crippen molar-refractivity contribution in [2.75, 3.05) is 57.3 Å². The number of amides is 2. The molecule has 25 heavy (non-hydrogen) atoms. The number of carbonyl (C=O) groups is 1. The molecule has 2 saturated heterocycles. The topological polar surface area (TPSA) is 82.6 Å². The van der Waals surface area contributed by atoms with Crippen LogP contribution in [0.4, 0.5) is 10.7 Å². The lowest BCUT2D eigenvalue weighted by Crippen LogP contribution is -2.47. The first-order chi connectivity index (χ1) is 12.3. The van der Waals surface area contributed by atoms with Gasteiger partial charge in [0.15, 0.2) is 0 Å². The summed E-state index contributed by atoms with van der Waals surface area (Å²) in [4.78, 5) is 25.0. The highest BCUT2D eigenvalue weighted by atomic mass is 16.5. The largest absolute Gasteiger partial charge is 0.376 e. The summed E-state index contributed by atoms with van der Waals surface area (Å²) < 4.78 is 5.49. The first-order valence-electron chi connectivity index (χ1n) is 9.19. The molecular weight excluding hydrogens is 320 g/mol. The zero-order chi connectivity index (χ0) is 17.3. The second kappa shape index (κ2) is 9.53. The number of urea groups is 1. The van der Waals surface area contributed by atoms with E-state index in [1.165, 1.54) is 0 Å². The Morgan fingerprint density at radius 2 is 2.00 bits per heavy atom. The van der Waals surface area contributed by atoms with Gasteiger partial charge in [-0.2, -0.15) is 0 Å². The summed E-state index contributed by atoms with van der Waals surface area (Å²) in [5, 5.41) is 5.80. The average Bonchev–Trinajstić information content (AvgIpc) is 3.18. The van der Waals surface area contributed by atoms with Gasteiger partial charge in [-0.25, -0.2) is 14.8 Å². The van der Waals surface area contributed by atoms with Gasteiger partial charge in [-0.05, 0) is 31.9 Å². The van der Waals surface area contributed by atoms with Crippen molar-refractivity contribution in [3.05, 3.63) is 18.5 Å². The molecule has 2 aliphatic rings. The number of nitrogens with one attached hydrogen (secondary N) is 2. The van der Waals surface area contributed by atoms with E-state index < -0.39 is 0 Å². The molecule has 3 heterocycles. The highest BCUT2D eigenvalue weighted by molar-refractivity contribution is 5.73. The average molecular weight is 348 g/mol. The van der Waals surface area contributed by atoms with Crippen LogP contribution in [0.3, 0.4) is 0 Å². The predicted molar refractivity (Wildman–Crippen MR) is 95.7 cm³/mol. The maximum Gasteiger partial charge on any atom is 0.314 e. The Hall–Kier alpha value is -1.93. The van der Waals surface area contributed by atoms with Crippen LogP contribution in [0.2, 0.25) is 0 Å². The summed E-state index contributed by atoms with van der Waals surface area (Å²) in [6.07, 6.45) is 6.84. The Balaban J connectivity index is 1.23. The van der Waals surface area contributed by atoms with E-state index in [9.17, 15) is 4.79 Å². The van der Waals surface area contributed by atoms with E-state index in [1.807, 2.05) is 6.07 Å². The molecule has 2 aliphatic heterocycles. The first-order valence-corrected chi connectivity index (χ1v) is 9.19. The molecule has 1 aromatic heterocycles. The molecule has 0 spiro atoms. The fourth-order valence-electron chi connectivity index (χ4n) is 3.20. The third kappa shape index (κ3) is 5.82. The Labute approximate surface area is 148 Å². The highest BCUT2D eigenvalue weighted by Gasteiger charge is 2.18. The van der Waals surface area contributed by atoms with Crippen LogP contribution < -0.4 is 15.5 Å². The number of ether oxygens (including phenoxy) is 1. The number of rotatable bonds is 7. The zero-order valence-corrected chi connectivity index (χ0v) is 14.7. The van der Waals surface area contributed by atoms with E-state index in [4.69, 9.17) is 4.74 Å². The normalized spacial score (nSPS) is 21.3. The van der Waals surface area contributed by atoms with Crippen molar-refractivity contribution in [2.45, 2.75) is 25.4 Å². The van der Waals surface area contributed by atoms with Crippen LogP contribution in [-0.4, -0.2) is 79.4 Å². The van der Waals surface area contributed by atoms with E-state index in [2.05, 4.69) is 30.4 Å². The van der Waals surface area contributed by atoms with Gasteiger partial charge in [0.2, 0.25) is 5.95 Å². The molecule has 0 saturated carbocycles. The Kier molecular flexibility index (Phi) is 6.81. The van der Waals surface area contributed by atoms with Gasteiger partial charge in [-0.1, -0.05) is 0 Å². The molecule has 2 amide bonds. The summed E-state index contributed by atoms with van der Waals surface area (Å²) in [6, 6.07) is 1.74. The summed E-state index contributed by atoms with van der Waals surface area (Å²) in [5.41, 5.74) is 0. The summed E-state index contributed by atoms with van der Waals surface area (Å²) in [6.45, 7) is 7.01. The third-order valence-corrected chi connectivity index (χ3v) is 4.66. The molecule has 1 aromatic rings. The van der Waals surface area contributed by atoms with E-state index in [0.717, 1.165) is 64.5 Å². The Bertz CT molecular complexity index is 515. The van der Waals surface area contributed by atoms with Gasteiger partial charge in [-0.15, -0.1) is 0 Å². The smallest absolute Gasteiger partial charge is 0.314 e. The Morgan fingerprint density at radius 3 is 2.72 bits per heavy atom. The van der Waals surface area contributed by atoms with Crippen LogP contribution in [0.15, 0.2) is 18.5 Å². The lowest BCUT2D eigenvalue weighted by molar-refractivity contribution is 0.111. The maximum absolute atomic E-state index is 11.7. The predicted octanol–water partition coefficient (Wildman–Crippen LogP) is 0.467. The van der Waals surface area contributed by atoms with Gasteiger partial charge < -0.3 is 20.3 Å². The van der Waals surface area contributed by atoms with Crippen LogP contribution in [0.1, 0.15) is 19.3 Å². The summed E-state index contributed by atoms with van der Waals surface area (Å²) in [7, 11) is 0. The van der Waals surface area contributed by atoms with Gasteiger partial charge in [0, 0.05) is 58.3 Å². The van der Waals surface area contributed by atoms with Crippen molar-refractivity contribution >= 4 is 12.0 Å². The molecule has 8 heteroatoms. The van der Waals surface area contributed by atoms with Gasteiger partial charge >= 0.3 is 6.03 Å². The van der Waals surface area contributed by atoms with Gasteiger partial charge in [0.1, 0.15) is 0 Å². The van der Waals surface area contributed by atoms with E-state index in [0.29, 0.717) is 13.1 Å². The number of aromatic nitrogens is 2. The quantitative estimate of drug-likeness (QED) is 0.697.